The first kappa shape index (κ1) is 14.7. The number of nitrogens with one attached hydrogen (secondary N) is 1. The molecule has 0 radical (unpaired) electrons. The Morgan fingerprint density at radius 1 is 1.67 bits per heavy atom. The molecule has 0 spiro atoms. The molecule has 1 atom stereocenters. The number of aliphatic hydroxyl groups is 1. The summed E-state index contributed by atoms with van der Waals surface area (Å²) in [4.78, 5) is 15.8. The van der Waals surface area contributed by atoms with E-state index >= 15 is 0 Å². The van der Waals surface area contributed by atoms with E-state index in [1.165, 1.54) is 0 Å². The van der Waals surface area contributed by atoms with Crippen molar-refractivity contribution in [1.29, 1.82) is 0 Å². The van der Waals surface area contributed by atoms with Gasteiger partial charge in [-0.05, 0) is 12.3 Å². The minimum Gasteiger partial charge on any atom is -0.396 e. The van der Waals surface area contributed by atoms with E-state index in [1.54, 1.807) is 17.1 Å². The Labute approximate surface area is 107 Å². The molecule has 6 nitrogen and oxygen atoms in total. The van der Waals surface area contributed by atoms with E-state index in [1.807, 2.05) is 6.92 Å². The highest BCUT2D eigenvalue weighted by molar-refractivity contribution is 5.91. The van der Waals surface area contributed by atoms with Crippen LogP contribution < -0.4 is 11.1 Å². The first-order valence-electron chi connectivity index (χ1n) is 6.32. The highest BCUT2D eigenvalue weighted by atomic mass is 16.3. The fourth-order valence-electron chi connectivity index (χ4n) is 1.71. The molecular weight excluding hydrogens is 232 g/mol. The number of imidazole rings is 1. The van der Waals surface area contributed by atoms with Gasteiger partial charge in [-0.3, -0.25) is 4.79 Å². The SMILES string of the molecule is CCC(CCO)CNC(=O)c1cn(CCN)cn1. The third-order valence-electron chi connectivity index (χ3n) is 2.92. The molecule has 0 bridgehead atoms. The third-order valence-corrected chi connectivity index (χ3v) is 2.92. The standard InChI is InChI=1S/C12H22N4O2/c1-2-10(3-6-17)7-14-12(18)11-8-16(5-4-13)9-15-11/h8-10,17H,2-7,13H2,1H3,(H,14,18). The number of hydrogen-bond acceptors (Lipinski definition) is 4. The van der Waals surface area contributed by atoms with Gasteiger partial charge in [-0.2, -0.15) is 0 Å². The van der Waals surface area contributed by atoms with E-state index in [0.717, 1.165) is 6.42 Å². The molecule has 0 saturated heterocycles. The van der Waals surface area contributed by atoms with Crippen molar-refractivity contribution in [2.45, 2.75) is 26.3 Å². The number of aromatic nitrogens is 2. The second kappa shape index (κ2) is 7.84. The van der Waals surface area contributed by atoms with E-state index in [0.29, 0.717) is 37.7 Å². The van der Waals surface area contributed by atoms with Gasteiger partial charge in [0.1, 0.15) is 5.69 Å². The van der Waals surface area contributed by atoms with Crippen LogP contribution in [0.1, 0.15) is 30.3 Å². The number of aliphatic hydroxyl groups excluding tert-OH is 1. The van der Waals surface area contributed by atoms with Crippen LogP contribution in [0.4, 0.5) is 0 Å². The zero-order chi connectivity index (χ0) is 13.4. The van der Waals surface area contributed by atoms with Crippen LogP contribution >= 0.6 is 0 Å². The molecule has 4 N–H and O–H groups in total. The number of nitrogens with zero attached hydrogens (tertiary/aromatic N) is 2. The van der Waals surface area contributed by atoms with Crippen molar-refractivity contribution in [3.05, 3.63) is 18.2 Å². The minimum absolute atomic E-state index is 0.152. The Balaban J connectivity index is 2.43. The molecule has 102 valence electrons. The number of amides is 1. The number of rotatable bonds is 8. The molecule has 0 aliphatic carbocycles. The Bertz CT molecular complexity index is 365. The molecule has 0 aromatic carbocycles. The lowest BCUT2D eigenvalue weighted by Gasteiger charge is -2.13. The molecule has 0 saturated carbocycles. The van der Waals surface area contributed by atoms with Crippen LogP contribution in [-0.2, 0) is 6.54 Å². The molecule has 1 unspecified atom stereocenters. The Kier molecular flexibility index (Phi) is 6.38. The topological polar surface area (TPSA) is 93.2 Å². The molecule has 1 aromatic rings. The molecule has 6 heteroatoms. The fraction of sp³-hybridized carbons (Fsp3) is 0.667. The van der Waals surface area contributed by atoms with Gasteiger partial charge in [-0.1, -0.05) is 13.3 Å². The van der Waals surface area contributed by atoms with E-state index in [-0.39, 0.29) is 12.5 Å². The van der Waals surface area contributed by atoms with Gasteiger partial charge < -0.3 is 20.7 Å². The summed E-state index contributed by atoms with van der Waals surface area (Å²) in [7, 11) is 0. The van der Waals surface area contributed by atoms with Crippen molar-refractivity contribution in [3.63, 3.8) is 0 Å². The number of carbonyl (C=O) groups is 1. The van der Waals surface area contributed by atoms with Crippen LogP contribution in [0.3, 0.4) is 0 Å². The molecule has 0 aliphatic heterocycles. The maximum absolute atomic E-state index is 11.8. The van der Waals surface area contributed by atoms with Crippen LogP contribution in [0.2, 0.25) is 0 Å². The third kappa shape index (κ3) is 4.46. The van der Waals surface area contributed by atoms with E-state index in [2.05, 4.69) is 10.3 Å². The maximum atomic E-state index is 11.8. The largest absolute Gasteiger partial charge is 0.396 e. The van der Waals surface area contributed by atoms with Crippen LogP contribution in [-0.4, -0.2) is 40.3 Å². The van der Waals surface area contributed by atoms with Gasteiger partial charge in [0.15, 0.2) is 0 Å². The lowest BCUT2D eigenvalue weighted by Crippen LogP contribution is -2.29. The fourth-order valence-corrected chi connectivity index (χ4v) is 1.71. The van der Waals surface area contributed by atoms with Crippen molar-refractivity contribution in [1.82, 2.24) is 14.9 Å². The van der Waals surface area contributed by atoms with Gasteiger partial charge in [0.2, 0.25) is 0 Å². The first-order valence-corrected chi connectivity index (χ1v) is 6.32. The summed E-state index contributed by atoms with van der Waals surface area (Å²) in [6.45, 7) is 3.94. The zero-order valence-corrected chi connectivity index (χ0v) is 10.8. The monoisotopic (exact) mass is 254 g/mol. The average molecular weight is 254 g/mol. The van der Waals surface area contributed by atoms with Gasteiger partial charge in [0.25, 0.3) is 5.91 Å². The molecule has 0 aliphatic rings. The predicted octanol–water partition coefficient (Wildman–Crippen LogP) is -0.0198. The number of hydrogen-bond donors (Lipinski definition) is 3. The summed E-state index contributed by atoms with van der Waals surface area (Å²) in [5, 5.41) is 11.7. The Morgan fingerprint density at radius 2 is 2.44 bits per heavy atom. The summed E-state index contributed by atoms with van der Waals surface area (Å²) in [5.74, 6) is 0.132. The lowest BCUT2D eigenvalue weighted by atomic mass is 10.0. The molecule has 18 heavy (non-hydrogen) atoms. The van der Waals surface area contributed by atoms with Crippen LogP contribution in [0.5, 0.6) is 0 Å². The molecule has 0 fully saturated rings. The van der Waals surface area contributed by atoms with Gasteiger partial charge in [0, 0.05) is 32.4 Å². The molecule has 1 heterocycles. The van der Waals surface area contributed by atoms with Gasteiger partial charge >= 0.3 is 0 Å². The second-order valence-corrected chi connectivity index (χ2v) is 4.28. The summed E-state index contributed by atoms with van der Waals surface area (Å²) < 4.78 is 1.79. The first-order chi connectivity index (χ1) is 8.71. The summed E-state index contributed by atoms with van der Waals surface area (Å²) >= 11 is 0. The van der Waals surface area contributed by atoms with Crippen LogP contribution in [0.15, 0.2) is 12.5 Å². The van der Waals surface area contributed by atoms with E-state index in [9.17, 15) is 4.79 Å². The smallest absolute Gasteiger partial charge is 0.271 e. The van der Waals surface area contributed by atoms with Crippen LogP contribution in [0, 0.1) is 5.92 Å². The summed E-state index contributed by atoms with van der Waals surface area (Å²) in [6.07, 6.45) is 4.93. The van der Waals surface area contributed by atoms with Crippen molar-refractivity contribution >= 4 is 5.91 Å². The van der Waals surface area contributed by atoms with Crippen molar-refractivity contribution < 1.29 is 9.90 Å². The van der Waals surface area contributed by atoms with Crippen molar-refractivity contribution in [3.8, 4) is 0 Å². The Hall–Kier alpha value is -1.40. The molecular formula is C12H22N4O2. The highest BCUT2D eigenvalue weighted by Crippen LogP contribution is 2.06. The van der Waals surface area contributed by atoms with Crippen LogP contribution in [0.25, 0.3) is 0 Å². The highest BCUT2D eigenvalue weighted by Gasteiger charge is 2.11. The van der Waals surface area contributed by atoms with Gasteiger partial charge in [-0.15, -0.1) is 0 Å². The average Bonchev–Trinajstić information content (AvgIpc) is 2.83. The van der Waals surface area contributed by atoms with Crippen molar-refractivity contribution in [2.24, 2.45) is 11.7 Å². The summed E-state index contributed by atoms with van der Waals surface area (Å²) in [6, 6.07) is 0. The number of carbonyl (C=O) groups excluding carboxylic acids is 1. The number of nitrogens with two attached hydrogens (primary N) is 1. The van der Waals surface area contributed by atoms with Crippen molar-refractivity contribution in [2.75, 3.05) is 19.7 Å². The van der Waals surface area contributed by atoms with Gasteiger partial charge in [-0.25, -0.2) is 4.98 Å². The summed E-state index contributed by atoms with van der Waals surface area (Å²) in [5.41, 5.74) is 5.83. The maximum Gasteiger partial charge on any atom is 0.271 e. The molecule has 1 amide bonds. The normalized spacial score (nSPS) is 12.4. The molecule has 1 aromatic heterocycles. The predicted molar refractivity (Wildman–Crippen MR) is 69.1 cm³/mol. The second-order valence-electron chi connectivity index (χ2n) is 4.28. The lowest BCUT2D eigenvalue weighted by molar-refractivity contribution is 0.0939. The molecule has 1 rings (SSSR count). The van der Waals surface area contributed by atoms with E-state index in [4.69, 9.17) is 10.8 Å². The minimum atomic E-state index is -0.179. The Morgan fingerprint density at radius 3 is 3.06 bits per heavy atom. The quantitative estimate of drug-likeness (QED) is 0.608. The van der Waals surface area contributed by atoms with E-state index < -0.39 is 0 Å². The zero-order valence-electron chi connectivity index (χ0n) is 10.8. The van der Waals surface area contributed by atoms with Gasteiger partial charge in [0.05, 0.1) is 6.33 Å².